The second-order valence-corrected chi connectivity index (χ2v) is 6.02. The number of nitrogens with zero attached hydrogens (tertiary/aromatic N) is 4. The molecule has 0 saturated carbocycles. The van der Waals surface area contributed by atoms with E-state index in [1.807, 2.05) is 54.2 Å². The summed E-state index contributed by atoms with van der Waals surface area (Å²) in [6.07, 6.45) is 4.34. The van der Waals surface area contributed by atoms with Crippen LogP contribution in [0.15, 0.2) is 65.4 Å². The highest BCUT2D eigenvalue weighted by Crippen LogP contribution is 2.23. The number of rotatable bonds is 4. The Morgan fingerprint density at radius 1 is 1.00 bits per heavy atom. The third kappa shape index (κ3) is 2.96. The van der Waals surface area contributed by atoms with Crippen molar-refractivity contribution in [2.45, 2.75) is 20.3 Å². The molecule has 0 saturated heterocycles. The SMILES string of the molecule is Cc1ccccc1-c1nc(Cc2cccc(-n3cccn3)c2C)no1. The van der Waals surface area contributed by atoms with Gasteiger partial charge in [-0.2, -0.15) is 10.1 Å². The quantitative estimate of drug-likeness (QED) is 0.564. The van der Waals surface area contributed by atoms with E-state index < -0.39 is 0 Å². The fourth-order valence-corrected chi connectivity index (χ4v) is 2.94. The van der Waals surface area contributed by atoms with Crippen molar-refractivity contribution < 1.29 is 4.52 Å². The van der Waals surface area contributed by atoms with Gasteiger partial charge in [0.15, 0.2) is 5.82 Å². The highest BCUT2D eigenvalue weighted by molar-refractivity contribution is 5.57. The van der Waals surface area contributed by atoms with Gasteiger partial charge >= 0.3 is 0 Å². The minimum atomic E-state index is 0.564. The van der Waals surface area contributed by atoms with Crippen LogP contribution in [-0.4, -0.2) is 19.9 Å². The summed E-state index contributed by atoms with van der Waals surface area (Å²) >= 11 is 0. The van der Waals surface area contributed by atoms with Gasteiger partial charge in [0, 0.05) is 24.4 Å². The van der Waals surface area contributed by atoms with E-state index in [0.717, 1.165) is 27.9 Å². The maximum absolute atomic E-state index is 5.47. The summed E-state index contributed by atoms with van der Waals surface area (Å²) in [5.74, 6) is 1.24. The number of aromatic nitrogens is 4. The van der Waals surface area contributed by atoms with Gasteiger partial charge in [-0.05, 0) is 48.7 Å². The lowest BCUT2D eigenvalue weighted by Gasteiger charge is -2.10. The van der Waals surface area contributed by atoms with Gasteiger partial charge in [0.2, 0.25) is 0 Å². The summed E-state index contributed by atoms with van der Waals surface area (Å²) in [5.41, 5.74) is 5.47. The molecule has 0 bridgehead atoms. The van der Waals surface area contributed by atoms with E-state index in [1.54, 1.807) is 6.20 Å². The van der Waals surface area contributed by atoms with Crippen molar-refractivity contribution in [3.05, 3.63) is 83.4 Å². The maximum Gasteiger partial charge on any atom is 0.258 e. The predicted molar refractivity (Wildman–Crippen MR) is 95.6 cm³/mol. The molecular weight excluding hydrogens is 312 g/mol. The van der Waals surface area contributed by atoms with Crippen LogP contribution in [0.25, 0.3) is 17.1 Å². The zero-order valence-electron chi connectivity index (χ0n) is 14.2. The molecule has 0 atom stereocenters. The molecule has 0 aliphatic rings. The summed E-state index contributed by atoms with van der Waals surface area (Å²) in [7, 11) is 0. The lowest BCUT2D eigenvalue weighted by atomic mass is 10.0. The molecule has 0 aliphatic heterocycles. The molecule has 0 N–H and O–H groups in total. The zero-order valence-corrected chi connectivity index (χ0v) is 14.2. The van der Waals surface area contributed by atoms with E-state index >= 15 is 0 Å². The van der Waals surface area contributed by atoms with Crippen molar-refractivity contribution in [1.29, 1.82) is 0 Å². The first kappa shape index (κ1) is 15.3. The van der Waals surface area contributed by atoms with E-state index in [-0.39, 0.29) is 0 Å². The van der Waals surface area contributed by atoms with Crippen molar-refractivity contribution in [3.63, 3.8) is 0 Å². The molecular formula is C20H18N4O. The molecule has 0 spiro atoms. The second-order valence-electron chi connectivity index (χ2n) is 6.02. The Morgan fingerprint density at radius 3 is 2.68 bits per heavy atom. The number of hydrogen-bond donors (Lipinski definition) is 0. The lowest BCUT2D eigenvalue weighted by molar-refractivity contribution is 0.423. The Morgan fingerprint density at radius 2 is 1.88 bits per heavy atom. The molecule has 2 aromatic heterocycles. The lowest BCUT2D eigenvalue weighted by Crippen LogP contribution is -2.02. The zero-order chi connectivity index (χ0) is 17.2. The summed E-state index contributed by atoms with van der Waals surface area (Å²) in [6, 6.07) is 16.1. The topological polar surface area (TPSA) is 56.7 Å². The number of aryl methyl sites for hydroxylation is 1. The molecule has 0 unspecified atom stereocenters. The minimum absolute atomic E-state index is 0.564. The van der Waals surface area contributed by atoms with Gasteiger partial charge in [-0.1, -0.05) is 35.5 Å². The van der Waals surface area contributed by atoms with Crippen LogP contribution in [0, 0.1) is 13.8 Å². The second kappa shape index (κ2) is 6.36. The van der Waals surface area contributed by atoms with Crippen molar-refractivity contribution in [2.24, 2.45) is 0 Å². The van der Waals surface area contributed by atoms with E-state index in [2.05, 4.69) is 34.3 Å². The number of benzene rings is 2. The predicted octanol–water partition coefficient (Wildman–Crippen LogP) is 4.13. The molecule has 5 nitrogen and oxygen atoms in total. The van der Waals surface area contributed by atoms with Gasteiger partial charge in [-0.15, -0.1) is 0 Å². The Hall–Kier alpha value is -3.21. The molecule has 5 heteroatoms. The summed E-state index contributed by atoms with van der Waals surface area (Å²) < 4.78 is 7.34. The van der Waals surface area contributed by atoms with Crippen LogP contribution < -0.4 is 0 Å². The van der Waals surface area contributed by atoms with Crippen molar-refractivity contribution in [2.75, 3.05) is 0 Å². The van der Waals surface area contributed by atoms with Gasteiger partial charge < -0.3 is 4.52 Å². The van der Waals surface area contributed by atoms with Gasteiger partial charge in [-0.3, -0.25) is 0 Å². The molecule has 0 radical (unpaired) electrons. The first-order valence-corrected chi connectivity index (χ1v) is 8.19. The largest absolute Gasteiger partial charge is 0.334 e. The van der Waals surface area contributed by atoms with Crippen LogP contribution >= 0.6 is 0 Å². The van der Waals surface area contributed by atoms with Gasteiger partial charge in [0.25, 0.3) is 5.89 Å². The molecule has 25 heavy (non-hydrogen) atoms. The average molecular weight is 330 g/mol. The van der Waals surface area contributed by atoms with Gasteiger partial charge in [-0.25, -0.2) is 4.68 Å². The van der Waals surface area contributed by atoms with Crippen molar-refractivity contribution in [3.8, 4) is 17.1 Å². The van der Waals surface area contributed by atoms with E-state index in [9.17, 15) is 0 Å². The summed E-state index contributed by atoms with van der Waals surface area (Å²) in [6.45, 7) is 4.13. The van der Waals surface area contributed by atoms with Crippen LogP contribution in [0.2, 0.25) is 0 Å². The highest BCUT2D eigenvalue weighted by Gasteiger charge is 2.13. The van der Waals surface area contributed by atoms with Crippen LogP contribution in [-0.2, 0) is 6.42 Å². The molecule has 0 aliphatic carbocycles. The molecule has 0 fully saturated rings. The number of hydrogen-bond acceptors (Lipinski definition) is 4. The molecule has 4 aromatic rings. The third-order valence-electron chi connectivity index (χ3n) is 4.36. The smallest absolute Gasteiger partial charge is 0.258 e. The summed E-state index contributed by atoms with van der Waals surface area (Å²) in [5, 5.41) is 8.47. The van der Waals surface area contributed by atoms with Crippen LogP contribution in [0.5, 0.6) is 0 Å². The van der Waals surface area contributed by atoms with E-state index in [4.69, 9.17) is 4.52 Å². The molecule has 4 rings (SSSR count). The van der Waals surface area contributed by atoms with Crippen molar-refractivity contribution >= 4 is 0 Å². The Balaban J connectivity index is 1.64. The summed E-state index contributed by atoms with van der Waals surface area (Å²) in [4.78, 5) is 4.57. The van der Waals surface area contributed by atoms with Crippen LogP contribution in [0.1, 0.15) is 22.5 Å². The fourth-order valence-electron chi connectivity index (χ4n) is 2.94. The monoisotopic (exact) mass is 330 g/mol. The third-order valence-corrected chi connectivity index (χ3v) is 4.36. The Labute approximate surface area is 145 Å². The van der Waals surface area contributed by atoms with E-state index in [1.165, 1.54) is 0 Å². The first-order chi connectivity index (χ1) is 12.2. The fraction of sp³-hybridized carbons (Fsp3) is 0.150. The standard InChI is InChI=1S/C20H18N4O/c1-14-7-3-4-9-17(14)20-22-19(23-25-20)13-16-8-5-10-18(15(16)2)24-12-6-11-21-24/h3-12H,13H2,1-2H3. The molecule has 2 aromatic carbocycles. The van der Waals surface area contributed by atoms with Crippen LogP contribution in [0.3, 0.4) is 0 Å². The van der Waals surface area contributed by atoms with Crippen LogP contribution in [0.4, 0.5) is 0 Å². The van der Waals surface area contributed by atoms with E-state index in [0.29, 0.717) is 18.1 Å². The first-order valence-electron chi connectivity index (χ1n) is 8.19. The Bertz CT molecular complexity index is 1000. The van der Waals surface area contributed by atoms with Crippen molar-refractivity contribution in [1.82, 2.24) is 19.9 Å². The maximum atomic E-state index is 5.47. The average Bonchev–Trinajstić information content (AvgIpc) is 3.29. The van der Waals surface area contributed by atoms with Gasteiger partial charge in [0.1, 0.15) is 0 Å². The molecule has 2 heterocycles. The molecule has 0 amide bonds. The minimum Gasteiger partial charge on any atom is -0.334 e. The highest BCUT2D eigenvalue weighted by atomic mass is 16.5. The Kier molecular flexibility index (Phi) is 3.90. The van der Waals surface area contributed by atoms with Gasteiger partial charge in [0.05, 0.1) is 5.69 Å². The normalized spacial score (nSPS) is 11.0. The molecule has 124 valence electrons.